The standard InChI is InChI=1S/C18H17BrClNO2/c19-14-8-9-16(15(20)12-14)23-17(13-6-2-1-3-7-13)18(22)21-10-4-5-11-21/h1-3,6-9,12,17H,4-5,10-11H2/t17-/m1/s1. The molecule has 1 atom stereocenters. The topological polar surface area (TPSA) is 29.5 Å². The highest BCUT2D eigenvalue weighted by molar-refractivity contribution is 9.10. The zero-order chi connectivity index (χ0) is 16.2. The van der Waals surface area contributed by atoms with Gasteiger partial charge in [0.2, 0.25) is 6.10 Å². The number of hydrogen-bond acceptors (Lipinski definition) is 2. The third-order valence-electron chi connectivity index (χ3n) is 3.88. The first kappa shape index (κ1) is 16.3. The number of rotatable bonds is 4. The summed E-state index contributed by atoms with van der Waals surface area (Å²) in [4.78, 5) is 14.7. The zero-order valence-corrected chi connectivity index (χ0v) is 14.9. The molecule has 5 heteroatoms. The van der Waals surface area contributed by atoms with E-state index in [4.69, 9.17) is 16.3 Å². The molecule has 1 saturated heterocycles. The number of amides is 1. The van der Waals surface area contributed by atoms with Gasteiger partial charge in [-0.05, 0) is 31.0 Å². The van der Waals surface area contributed by atoms with E-state index < -0.39 is 6.10 Å². The molecule has 1 heterocycles. The zero-order valence-electron chi connectivity index (χ0n) is 12.5. The summed E-state index contributed by atoms with van der Waals surface area (Å²) < 4.78 is 6.89. The summed E-state index contributed by atoms with van der Waals surface area (Å²) in [7, 11) is 0. The lowest BCUT2D eigenvalue weighted by molar-refractivity contribution is -0.137. The fourth-order valence-corrected chi connectivity index (χ4v) is 3.41. The summed E-state index contributed by atoms with van der Waals surface area (Å²) in [6, 6.07) is 14.9. The van der Waals surface area contributed by atoms with E-state index in [0.29, 0.717) is 10.8 Å². The van der Waals surface area contributed by atoms with Gasteiger partial charge in [0.05, 0.1) is 5.02 Å². The number of carbonyl (C=O) groups excluding carboxylic acids is 1. The van der Waals surface area contributed by atoms with Crippen molar-refractivity contribution in [3.8, 4) is 5.75 Å². The van der Waals surface area contributed by atoms with Gasteiger partial charge in [-0.15, -0.1) is 0 Å². The largest absolute Gasteiger partial charge is 0.474 e. The van der Waals surface area contributed by atoms with Crippen LogP contribution in [0.3, 0.4) is 0 Å². The van der Waals surface area contributed by atoms with E-state index >= 15 is 0 Å². The van der Waals surface area contributed by atoms with Crippen LogP contribution in [0.1, 0.15) is 24.5 Å². The Labute approximate surface area is 149 Å². The molecular formula is C18H17BrClNO2. The maximum absolute atomic E-state index is 12.9. The molecule has 2 aromatic rings. The second-order valence-corrected chi connectivity index (χ2v) is 6.84. The van der Waals surface area contributed by atoms with Crippen LogP contribution in [0.2, 0.25) is 5.02 Å². The van der Waals surface area contributed by atoms with Crippen LogP contribution in [-0.4, -0.2) is 23.9 Å². The van der Waals surface area contributed by atoms with E-state index in [9.17, 15) is 4.79 Å². The third kappa shape index (κ3) is 3.88. The average molecular weight is 395 g/mol. The minimum atomic E-state index is -0.673. The molecule has 3 nitrogen and oxygen atoms in total. The van der Waals surface area contributed by atoms with E-state index in [1.54, 1.807) is 12.1 Å². The van der Waals surface area contributed by atoms with Crippen LogP contribution in [-0.2, 0) is 4.79 Å². The van der Waals surface area contributed by atoms with Gasteiger partial charge in [-0.2, -0.15) is 0 Å². The molecule has 1 aliphatic rings. The Kier molecular flexibility index (Phi) is 5.23. The van der Waals surface area contributed by atoms with Crippen LogP contribution in [0.4, 0.5) is 0 Å². The summed E-state index contributed by atoms with van der Waals surface area (Å²) in [5.41, 5.74) is 0.836. The lowest BCUT2D eigenvalue weighted by Crippen LogP contribution is -2.35. The first-order chi connectivity index (χ1) is 11.1. The monoisotopic (exact) mass is 393 g/mol. The van der Waals surface area contributed by atoms with Crippen molar-refractivity contribution >= 4 is 33.4 Å². The number of likely N-dealkylation sites (tertiary alicyclic amines) is 1. The molecule has 0 aliphatic carbocycles. The number of carbonyl (C=O) groups is 1. The molecule has 0 radical (unpaired) electrons. The normalized spacial score (nSPS) is 15.5. The van der Waals surface area contributed by atoms with Gasteiger partial charge in [-0.3, -0.25) is 4.79 Å². The summed E-state index contributed by atoms with van der Waals surface area (Å²) in [5, 5.41) is 0.481. The number of hydrogen-bond donors (Lipinski definition) is 0. The lowest BCUT2D eigenvalue weighted by Gasteiger charge is -2.24. The van der Waals surface area contributed by atoms with Gasteiger partial charge in [0.15, 0.2) is 0 Å². The van der Waals surface area contributed by atoms with Crippen LogP contribution in [0.5, 0.6) is 5.75 Å². The molecule has 1 fully saturated rings. The Hall–Kier alpha value is -1.52. The van der Waals surface area contributed by atoms with E-state index in [-0.39, 0.29) is 5.91 Å². The van der Waals surface area contributed by atoms with Crippen LogP contribution >= 0.6 is 27.5 Å². The molecular weight excluding hydrogens is 378 g/mol. The van der Waals surface area contributed by atoms with Gasteiger partial charge in [-0.1, -0.05) is 57.9 Å². The van der Waals surface area contributed by atoms with E-state index in [1.165, 1.54) is 0 Å². The average Bonchev–Trinajstić information content (AvgIpc) is 3.09. The Balaban J connectivity index is 1.90. The molecule has 0 spiro atoms. The Morgan fingerprint density at radius 2 is 1.83 bits per heavy atom. The molecule has 0 bridgehead atoms. The minimum absolute atomic E-state index is 0.00677. The van der Waals surface area contributed by atoms with Crippen LogP contribution in [0, 0.1) is 0 Å². The van der Waals surface area contributed by atoms with Crippen molar-refractivity contribution < 1.29 is 9.53 Å². The van der Waals surface area contributed by atoms with Gasteiger partial charge in [-0.25, -0.2) is 0 Å². The summed E-state index contributed by atoms with van der Waals surface area (Å²) in [6.07, 6.45) is 1.42. The molecule has 3 rings (SSSR count). The number of halogens is 2. The summed E-state index contributed by atoms with van der Waals surface area (Å²) >= 11 is 9.62. The molecule has 0 aromatic heterocycles. The molecule has 1 amide bonds. The fraction of sp³-hybridized carbons (Fsp3) is 0.278. The van der Waals surface area contributed by atoms with Crippen molar-refractivity contribution in [2.24, 2.45) is 0 Å². The van der Waals surface area contributed by atoms with Gasteiger partial charge in [0.25, 0.3) is 5.91 Å². The third-order valence-corrected chi connectivity index (χ3v) is 4.67. The van der Waals surface area contributed by atoms with Crippen molar-refractivity contribution in [1.82, 2.24) is 4.90 Å². The first-order valence-electron chi connectivity index (χ1n) is 7.60. The van der Waals surface area contributed by atoms with Crippen LogP contribution in [0.25, 0.3) is 0 Å². The SMILES string of the molecule is O=C([C@H](Oc1ccc(Br)cc1Cl)c1ccccc1)N1CCCC1. The molecule has 0 N–H and O–H groups in total. The molecule has 120 valence electrons. The van der Waals surface area contributed by atoms with E-state index in [2.05, 4.69) is 15.9 Å². The minimum Gasteiger partial charge on any atom is -0.474 e. The quantitative estimate of drug-likeness (QED) is 0.742. The highest BCUT2D eigenvalue weighted by Crippen LogP contribution is 2.32. The van der Waals surface area contributed by atoms with Gasteiger partial charge in [0, 0.05) is 23.1 Å². The number of benzene rings is 2. The maximum Gasteiger partial charge on any atom is 0.268 e. The molecule has 0 saturated carbocycles. The van der Waals surface area contributed by atoms with Gasteiger partial charge < -0.3 is 9.64 Å². The van der Waals surface area contributed by atoms with Crippen molar-refractivity contribution in [1.29, 1.82) is 0 Å². The van der Waals surface area contributed by atoms with Crippen molar-refractivity contribution in [3.63, 3.8) is 0 Å². The highest BCUT2D eigenvalue weighted by atomic mass is 79.9. The summed E-state index contributed by atoms with van der Waals surface area (Å²) in [6.45, 7) is 1.58. The second kappa shape index (κ2) is 7.37. The predicted octanol–water partition coefficient (Wildman–Crippen LogP) is 4.85. The Morgan fingerprint density at radius 1 is 1.13 bits per heavy atom. The molecule has 1 aliphatic heterocycles. The van der Waals surface area contributed by atoms with Crippen molar-refractivity contribution in [3.05, 3.63) is 63.6 Å². The Bertz CT molecular complexity index is 687. The number of ether oxygens (including phenoxy) is 1. The smallest absolute Gasteiger partial charge is 0.268 e. The predicted molar refractivity (Wildman–Crippen MR) is 94.8 cm³/mol. The van der Waals surface area contributed by atoms with Crippen molar-refractivity contribution in [2.75, 3.05) is 13.1 Å². The van der Waals surface area contributed by atoms with E-state index in [1.807, 2.05) is 41.3 Å². The molecule has 23 heavy (non-hydrogen) atoms. The maximum atomic E-state index is 12.9. The van der Waals surface area contributed by atoms with Crippen LogP contribution in [0.15, 0.2) is 53.0 Å². The molecule has 0 unspecified atom stereocenters. The lowest BCUT2D eigenvalue weighted by atomic mass is 10.1. The van der Waals surface area contributed by atoms with Crippen LogP contribution < -0.4 is 4.74 Å². The molecule has 2 aromatic carbocycles. The van der Waals surface area contributed by atoms with E-state index in [0.717, 1.165) is 36.0 Å². The second-order valence-electron chi connectivity index (χ2n) is 5.52. The number of nitrogens with zero attached hydrogens (tertiary/aromatic N) is 1. The van der Waals surface area contributed by atoms with Crippen molar-refractivity contribution in [2.45, 2.75) is 18.9 Å². The first-order valence-corrected chi connectivity index (χ1v) is 8.78. The van der Waals surface area contributed by atoms with Gasteiger partial charge >= 0.3 is 0 Å². The highest BCUT2D eigenvalue weighted by Gasteiger charge is 2.29. The van der Waals surface area contributed by atoms with Gasteiger partial charge in [0.1, 0.15) is 5.75 Å². The fourth-order valence-electron chi connectivity index (χ4n) is 2.69. The summed E-state index contributed by atoms with van der Waals surface area (Å²) in [5.74, 6) is 0.504. The Morgan fingerprint density at radius 3 is 2.48 bits per heavy atom.